The summed E-state index contributed by atoms with van der Waals surface area (Å²) in [6.07, 6.45) is 8.53. The van der Waals surface area contributed by atoms with E-state index < -0.39 is 5.60 Å². The van der Waals surface area contributed by atoms with Crippen molar-refractivity contribution in [1.29, 1.82) is 0 Å². The molecule has 2 aliphatic heterocycles. The van der Waals surface area contributed by atoms with Crippen LogP contribution in [0.15, 0.2) is 17.0 Å². The molecule has 4 nitrogen and oxygen atoms in total. The zero-order valence-corrected chi connectivity index (χ0v) is 9.59. The van der Waals surface area contributed by atoms with E-state index >= 15 is 0 Å². The molecule has 0 aromatic carbocycles. The van der Waals surface area contributed by atoms with Crippen molar-refractivity contribution < 1.29 is 9.63 Å². The van der Waals surface area contributed by atoms with E-state index in [4.69, 9.17) is 4.52 Å². The van der Waals surface area contributed by atoms with Gasteiger partial charge in [0.2, 0.25) is 0 Å². The van der Waals surface area contributed by atoms with E-state index in [1.54, 1.807) is 12.5 Å². The van der Waals surface area contributed by atoms with Crippen LogP contribution in [0.25, 0.3) is 0 Å². The van der Waals surface area contributed by atoms with Gasteiger partial charge in [-0.3, -0.25) is 0 Å². The van der Waals surface area contributed by atoms with Crippen molar-refractivity contribution in [2.75, 3.05) is 7.05 Å². The van der Waals surface area contributed by atoms with Crippen LogP contribution < -0.4 is 0 Å². The summed E-state index contributed by atoms with van der Waals surface area (Å²) in [5.41, 5.74) is 0.125. The molecule has 2 fully saturated rings. The zero-order valence-electron chi connectivity index (χ0n) is 9.59. The van der Waals surface area contributed by atoms with E-state index in [2.05, 4.69) is 17.1 Å². The number of aromatic nitrogens is 1. The Kier molecular flexibility index (Phi) is 2.30. The van der Waals surface area contributed by atoms with Gasteiger partial charge in [0.05, 0.1) is 11.8 Å². The van der Waals surface area contributed by atoms with Crippen LogP contribution in [0.2, 0.25) is 0 Å². The topological polar surface area (TPSA) is 49.5 Å². The lowest BCUT2D eigenvalue weighted by Crippen LogP contribution is -2.55. The van der Waals surface area contributed by atoms with Crippen molar-refractivity contribution >= 4 is 0 Å². The molecule has 3 rings (SSSR count). The molecule has 0 amide bonds. The first-order valence-corrected chi connectivity index (χ1v) is 6.03. The molecule has 0 saturated carbocycles. The molecule has 2 atom stereocenters. The summed E-state index contributed by atoms with van der Waals surface area (Å²) >= 11 is 0. The van der Waals surface area contributed by atoms with Crippen molar-refractivity contribution in [3.05, 3.63) is 18.0 Å². The van der Waals surface area contributed by atoms with Gasteiger partial charge in [-0.2, -0.15) is 0 Å². The van der Waals surface area contributed by atoms with Gasteiger partial charge >= 0.3 is 0 Å². The molecule has 2 saturated heterocycles. The highest BCUT2D eigenvalue weighted by atomic mass is 16.5. The fourth-order valence-corrected chi connectivity index (χ4v) is 3.32. The van der Waals surface area contributed by atoms with Crippen LogP contribution in [-0.2, 0) is 5.60 Å². The van der Waals surface area contributed by atoms with Gasteiger partial charge < -0.3 is 14.5 Å². The van der Waals surface area contributed by atoms with Gasteiger partial charge in [0.25, 0.3) is 0 Å². The average molecular weight is 222 g/mol. The highest BCUT2D eigenvalue weighted by molar-refractivity contribution is 5.17. The Labute approximate surface area is 95.2 Å². The molecule has 3 heterocycles. The maximum absolute atomic E-state index is 10.7. The highest BCUT2D eigenvalue weighted by Crippen LogP contribution is 2.43. The lowest BCUT2D eigenvalue weighted by atomic mass is 9.73. The summed E-state index contributed by atoms with van der Waals surface area (Å²) in [6.45, 7) is 0. The monoisotopic (exact) mass is 222 g/mol. The van der Waals surface area contributed by atoms with E-state index in [0.29, 0.717) is 12.1 Å². The predicted molar refractivity (Wildman–Crippen MR) is 58.8 cm³/mol. The van der Waals surface area contributed by atoms with Crippen molar-refractivity contribution in [2.24, 2.45) is 0 Å². The summed E-state index contributed by atoms with van der Waals surface area (Å²) in [6, 6.07) is 1.01. The second kappa shape index (κ2) is 3.57. The van der Waals surface area contributed by atoms with Crippen molar-refractivity contribution in [3.63, 3.8) is 0 Å². The quantitative estimate of drug-likeness (QED) is 0.782. The van der Waals surface area contributed by atoms with Crippen LogP contribution in [0.3, 0.4) is 0 Å². The Morgan fingerprint density at radius 2 is 2.12 bits per heavy atom. The summed E-state index contributed by atoms with van der Waals surface area (Å²) in [4.78, 5) is 2.44. The van der Waals surface area contributed by atoms with Crippen LogP contribution in [0.1, 0.15) is 37.7 Å². The third-order valence-electron chi connectivity index (χ3n) is 4.34. The summed E-state index contributed by atoms with van der Waals surface area (Å²) in [7, 11) is 2.18. The lowest BCUT2D eigenvalue weighted by Gasteiger charge is -2.50. The van der Waals surface area contributed by atoms with E-state index in [0.717, 1.165) is 18.4 Å². The SMILES string of the molecule is CN1C2CCCC1CC(O)(c1cnoc1)C2. The minimum Gasteiger partial charge on any atom is -0.385 e. The second-order valence-electron chi connectivity index (χ2n) is 5.26. The van der Waals surface area contributed by atoms with Gasteiger partial charge in [-0.15, -0.1) is 0 Å². The summed E-state index contributed by atoms with van der Waals surface area (Å²) < 4.78 is 4.86. The van der Waals surface area contributed by atoms with Gasteiger partial charge in [-0.1, -0.05) is 11.6 Å². The number of hydrogen-bond donors (Lipinski definition) is 1. The Morgan fingerprint density at radius 3 is 2.69 bits per heavy atom. The molecule has 0 radical (unpaired) electrons. The normalized spacial score (nSPS) is 39.9. The van der Waals surface area contributed by atoms with E-state index in [-0.39, 0.29) is 0 Å². The van der Waals surface area contributed by atoms with Gasteiger partial charge in [-0.25, -0.2) is 0 Å². The Balaban J connectivity index is 1.89. The van der Waals surface area contributed by atoms with Crippen molar-refractivity contribution in [1.82, 2.24) is 10.1 Å². The Hall–Kier alpha value is -0.870. The van der Waals surface area contributed by atoms with Crippen molar-refractivity contribution in [3.8, 4) is 0 Å². The maximum atomic E-state index is 10.7. The van der Waals surface area contributed by atoms with Gasteiger partial charge in [0, 0.05) is 17.6 Å². The number of rotatable bonds is 1. The van der Waals surface area contributed by atoms with Gasteiger partial charge in [-0.05, 0) is 32.7 Å². The maximum Gasteiger partial charge on any atom is 0.129 e. The standard InChI is InChI=1S/C12H18N2O2/c1-14-10-3-2-4-11(14)6-12(15,5-10)9-7-13-16-8-9/h7-8,10-11,15H,2-6H2,1H3. The second-order valence-corrected chi connectivity index (χ2v) is 5.26. The molecule has 1 aromatic heterocycles. The molecule has 88 valence electrons. The first-order valence-electron chi connectivity index (χ1n) is 6.03. The minimum atomic E-state index is -0.720. The number of nitrogens with zero attached hydrogens (tertiary/aromatic N) is 2. The molecule has 1 N–H and O–H groups in total. The van der Waals surface area contributed by atoms with Crippen LogP contribution >= 0.6 is 0 Å². The molecule has 0 spiro atoms. The number of hydrogen-bond acceptors (Lipinski definition) is 4. The first kappa shape index (κ1) is 10.3. The van der Waals surface area contributed by atoms with Gasteiger partial charge in [0.15, 0.2) is 0 Å². The van der Waals surface area contributed by atoms with Gasteiger partial charge in [0.1, 0.15) is 6.26 Å². The third-order valence-corrected chi connectivity index (χ3v) is 4.34. The molecular weight excluding hydrogens is 204 g/mol. The minimum absolute atomic E-state index is 0.507. The molecule has 2 aliphatic rings. The number of fused-ring (bicyclic) bond motifs is 2. The van der Waals surface area contributed by atoms with Crippen LogP contribution in [0.5, 0.6) is 0 Å². The van der Waals surface area contributed by atoms with Crippen LogP contribution in [0.4, 0.5) is 0 Å². The third kappa shape index (κ3) is 1.48. The smallest absolute Gasteiger partial charge is 0.129 e. The molecule has 16 heavy (non-hydrogen) atoms. The van der Waals surface area contributed by atoms with Crippen LogP contribution in [-0.4, -0.2) is 34.3 Å². The molecule has 2 bridgehead atoms. The summed E-state index contributed by atoms with van der Waals surface area (Å²) in [5, 5.41) is 14.4. The number of piperidine rings is 2. The Bertz CT molecular complexity index is 349. The molecule has 4 heteroatoms. The Morgan fingerprint density at radius 1 is 1.44 bits per heavy atom. The molecule has 1 aromatic rings. The first-order chi connectivity index (χ1) is 7.69. The fraction of sp³-hybridized carbons (Fsp3) is 0.750. The molecular formula is C12H18N2O2. The van der Waals surface area contributed by atoms with Crippen LogP contribution in [0, 0.1) is 0 Å². The average Bonchev–Trinajstić information content (AvgIpc) is 2.74. The lowest BCUT2D eigenvalue weighted by molar-refractivity contribution is -0.0877. The molecule has 0 aliphatic carbocycles. The zero-order chi connectivity index (χ0) is 11.2. The van der Waals surface area contributed by atoms with E-state index in [9.17, 15) is 5.11 Å². The highest BCUT2D eigenvalue weighted by Gasteiger charge is 2.45. The largest absolute Gasteiger partial charge is 0.385 e. The van der Waals surface area contributed by atoms with E-state index in [1.165, 1.54) is 19.3 Å². The predicted octanol–water partition coefficient (Wildman–Crippen LogP) is 1.51. The van der Waals surface area contributed by atoms with E-state index in [1.807, 2.05) is 0 Å². The fourth-order valence-electron chi connectivity index (χ4n) is 3.32. The molecule has 2 unspecified atom stereocenters. The van der Waals surface area contributed by atoms with Crippen molar-refractivity contribution in [2.45, 2.75) is 49.8 Å². The summed E-state index contributed by atoms with van der Waals surface area (Å²) in [5.74, 6) is 0. The number of aliphatic hydroxyl groups is 1.